The van der Waals surface area contributed by atoms with E-state index < -0.39 is 23.5 Å². The average Bonchev–Trinajstić information content (AvgIpc) is 3.28. The zero-order chi connectivity index (χ0) is 24.5. The summed E-state index contributed by atoms with van der Waals surface area (Å²) in [5.74, 6) is -1.73. The van der Waals surface area contributed by atoms with Crippen LogP contribution in [0.25, 0.3) is 11.1 Å². The van der Waals surface area contributed by atoms with E-state index in [-0.39, 0.29) is 30.3 Å². The number of benzene rings is 2. The molecule has 1 aliphatic rings. The number of nitrogens with zero attached hydrogens (tertiary/aromatic N) is 2. The van der Waals surface area contributed by atoms with Gasteiger partial charge in [-0.25, -0.2) is 4.79 Å². The van der Waals surface area contributed by atoms with E-state index in [0.29, 0.717) is 0 Å². The second-order valence-corrected chi connectivity index (χ2v) is 8.92. The third-order valence-corrected chi connectivity index (χ3v) is 5.67. The minimum Gasteiger partial charge on any atom is -0.481 e. The Morgan fingerprint density at radius 1 is 1.06 bits per heavy atom. The summed E-state index contributed by atoms with van der Waals surface area (Å²) >= 11 is 0. The number of carbonyl (C=O) groups excluding carboxylic acids is 2. The Balaban J connectivity index is 1.45. The molecule has 1 aliphatic carbocycles. The molecule has 9 heteroatoms. The Morgan fingerprint density at radius 2 is 1.65 bits per heavy atom. The minimum atomic E-state index is -1.04. The molecule has 34 heavy (non-hydrogen) atoms. The number of fused-ring (bicyclic) bond motifs is 3. The van der Waals surface area contributed by atoms with Crippen molar-refractivity contribution >= 4 is 23.7 Å². The van der Waals surface area contributed by atoms with Gasteiger partial charge in [-0.05, 0) is 36.1 Å². The smallest absolute Gasteiger partial charge is 0.411 e. The fourth-order valence-electron chi connectivity index (χ4n) is 4.28. The van der Waals surface area contributed by atoms with Crippen molar-refractivity contribution < 1.29 is 24.2 Å². The summed E-state index contributed by atoms with van der Waals surface area (Å²) in [4.78, 5) is 36.4. The van der Waals surface area contributed by atoms with E-state index >= 15 is 0 Å². The molecule has 3 N–H and O–H groups in total. The lowest BCUT2D eigenvalue weighted by atomic mass is 9.98. The molecule has 0 fully saturated rings. The van der Waals surface area contributed by atoms with Crippen LogP contribution in [0.15, 0.2) is 54.7 Å². The lowest BCUT2D eigenvalue weighted by Gasteiger charge is -2.23. The first-order chi connectivity index (χ1) is 16.1. The number of ether oxygens (including phenoxy) is 1. The molecule has 0 bridgehead atoms. The number of anilines is 1. The van der Waals surface area contributed by atoms with E-state index in [4.69, 9.17) is 9.84 Å². The number of hydrogen-bond acceptors (Lipinski definition) is 5. The lowest BCUT2D eigenvalue weighted by Crippen LogP contribution is -2.45. The van der Waals surface area contributed by atoms with Crippen LogP contribution in [0.4, 0.5) is 10.5 Å². The first-order valence-electron chi connectivity index (χ1n) is 10.8. The van der Waals surface area contributed by atoms with Crippen LogP contribution in [-0.2, 0) is 16.6 Å². The quantitative estimate of drug-likeness (QED) is 0.491. The van der Waals surface area contributed by atoms with Crippen molar-refractivity contribution in [3.8, 4) is 11.1 Å². The van der Waals surface area contributed by atoms with Gasteiger partial charge >= 0.3 is 12.1 Å². The van der Waals surface area contributed by atoms with Crippen molar-refractivity contribution in [1.29, 1.82) is 0 Å². The average molecular weight is 463 g/mol. The lowest BCUT2D eigenvalue weighted by molar-refractivity contribution is -0.138. The molecule has 0 spiro atoms. The largest absolute Gasteiger partial charge is 0.481 e. The van der Waals surface area contributed by atoms with Gasteiger partial charge in [0.05, 0.1) is 12.1 Å². The summed E-state index contributed by atoms with van der Waals surface area (Å²) in [6.07, 6.45) is 0.509. The van der Waals surface area contributed by atoms with Gasteiger partial charge in [0.1, 0.15) is 6.61 Å². The molecule has 3 aromatic rings. The molecule has 9 nitrogen and oxygen atoms in total. The van der Waals surface area contributed by atoms with Gasteiger partial charge in [-0.1, -0.05) is 48.5 Å². The van der Waals surface area contributed by atoms with Crippen LogP contribution < -0.4 is 10.6 Å². The van der Waals surface area contributed by atoms with Crippen molar-refractivity contribution in [2.75, 3.05) is 11.9 Å². The zero-order valence-corrected chi connectivity index (χ0v) is 19.2. The summed E-state index contributed by atoms with van der Waals surface area (Å²) in [5.41, 5.74) is 3.58. The molecule has 0 radical (unpaired) electrons. The van der Waals surface area contributed by atoms with Crippen molar-refractivity contribution in [3.05, 3.63) is 71.5 Å². The van der Waals surface area contributed by atoms with E-state index in [9.17, 15) is 14.4 Å². The number of aliphatic carboxylic acids is 1. The van der Waals surface area contributed by atoms with Gasteiger partial charge < -0.3 is 15.2 Å². The molecule has 0 atom stereocenters. The number of carbonyl (C=O) groups is 3. The summed E-state index contributed by atoms with van der Waals surface area (Å²) in [7, 11) is 1.61. The number of nitrogens with one attached hydrogen (secondary N) is 2. The highest BCUT2D eigenvalue weighted by Crippen LogP contribution is 2.44. The number of carboxylic acids is 1. The third-order valence-electron chi connectivity index (χ3n) is 5.67. The second kappa shape index (κ2) is 9.01. The molecule has 0 aliphatic heterocycles. The van der Waals surface area contributed by atoms with E-state index in [1.165, 1.54) is 10.9 Å². The summed E-state index contributed by atoms with van der Waals surface area (Å²) in [5, 5.41) is 18.4. The van der Waals surface area contributed by atoms with E-state index in [1.807, 2.05) is 36.4 Å². The van der Waals surface area contributed by atoms with Crippen LogP contribution in [0.1, 0.15) is 47.8 Å². The summed E-state index contributed by atoms with van der Waals surface area (Å²) < 4.78 is 6.93. The molecule has 4 rings (SSSR count). The fourth-order valence-corrected chi connectivity index (χ4v) is 4.28. The van der Waals surface area contributed by atoms with Crippen LogP contribution in [0, 0.1) is 0 Å². The fraction of sp³-hybridized carbons (Fsp3) is 0.280. The van der Waals surface area contributed by atoms with Gasteiger partial charge in [0, 0.05) is 24.7 Å². The first-order valence-corrected chi connectivity index (χ1v) is 10.8. The van der Waals surface area contributed by atoms with Gasteiger partial charge in [-0.15, -0.1) is 0 Å². The molecule has 0 saturated heterocycles. The molecule has 1 aromatic heterocycles. The van der Waals surface area contributed by atoms with Crippen molar-refractivity contribution in [3.63, 3.8) is 0 Å². The Morgan fingerprint density at radius 3 is 2.24 bits per heavy atom. The van der Waals surface area contributed by atoms with Gasteiger partial charge in [-0.2, -0.15) is 5.10 Å². The number of aromatic nitrogens is 2. The number of carboxylic acid groups (broad SMARTS) is 1. The van der Waals surface area contributed by atoms with E-state index in [1.54, 1.807) is 20.9 Å². The summed E-state index contributed by atoms with van der Waals surface area (Å²) in [6, 6.07) is 16.1. The Hall–Kier alpha value is -4.14. The normalized spacial score (nSPS) is 12.6. The Labute approximate surface area is 196 Å². The molecule has 2 aromatic carbocycles. The van der Waals surface area contributed by atoms with Gasteiger partial charge in [0.2, 0.25) is 0 Å². The van der Waals surface area contributed by atoms with Crippen LogP contribution in [0.3, 0.4) is 0 Å². The first kappa shape index (κ1) is 23.0. The zero-order valence-electron chi connectivity index (χ0n) is 19.2. The van der Waals surface area contributed by atoms with Gasteiger partial charge in [0.15, 0.2) is 5.69 Å². The molecular formula is C25H26N4O5. The van der Waals surface area contributed by atoms with Crippen molar-refractivity contribution in [1.82, 2.24) is 15.1 Å². The number of amides is 2. The molecular weight excluding hydrogens is 436 g/mol. The second-order valence-electron chi connectivity index (χ2n) is 8.92. The summed E-state index contributed by atoms with van der Waals surface area (Å²) in [6.45, 7) is 3.33. The maximum Gasteiger partial charge on any atom is 0.411 e. The van der Waals surface area contributed by atoms with Crippen LogP contribution >= 0.6 is 0 Å². The Kier molecular flexibility index (Phi) is 6.10. The highest BCUT2D eigenvalue weighted by atomic mass is 16.5. The van der Waals surface area contributed by atoms with E-state index in [0.717, 1.165) is 22.3 Å². The molecule has 0 unspecified atom stereocenters. The van der Waals surface area contributed by atoms with Crippen molar-refractivity contribution in [2.45, 2.75) is 31.7 Å². The number of rotatable bonds is 7. The predicted molar refractivity (Wildman–Crippen MR) is 126 cm³/mol. The van der Waals surface area contributed by atoms with Gasteiger partial charge in [-0.3, -0.25) is 19.6 Å². The molecule has 2 amide bonds. The number of aryl methyl sites for hydroxylation is 1. The topological polar surface area (TPSA) is 123 Å². The monoisotopic (exact) mass is 462 g/mol. The van der Waals surface area contributed by atoms with E-state index in [2.05, 4.69) is 27.9 Å². The predicted octanol–water partition coefficient (Wildman–Crippen LogP) is 3.76. The molecule has 0 saturated carbocycles. The third kappa shape index (κ3) is 4.78. The molecule has 1 heterocycles. The molecule has 176 valence electrons. The van der Waals surface area contributed by atoms with Crippen LogP contribution in [0.2, 0.25) is 0 Å². The highest BCUT2D eigenvalue weighted by Gasteiger charge is 2.30. The highest BCUT2D eigenvalue weighted by molar-refractivity contribution is 6.01. The van der Waals surface area contributed by atoms with Crippen LogP contribution in [-0.4, -0.2) is 45.0 Å². The Bertz CT molecular complexity index is 1220. The standard InChI is InChI=1S/C25H26N4O5/c1-25(2,12-21(30)31)27-23(32)22-20(13-29(3)28-22)26-24(33)34-14-19-17-10-6-4-8-15(17)16-9-5-7-11-18(16)19/h4-11,13,19H,12,14H2,1-3H3,(H,26,33)(H,27,32)(H,30,31). The van der Waals surface area contributed by atoms with Gasteiger partial charge in [0.25, 0.3) is 5.91 Å². The maximum absolute atomic E-state index is 12.7. The maximum atomic E-state index is 12.7. The van der Waals surface area contributed by atoms with Crippen LogP contribution in [0.5, 0.6) is 0 Å². The SMILES string of the molecule is Cn1cc(NC(=O)OCC2c3ccccc3-c3ccccc32)c(C(=O)NC(C)(C)CC(=O)O)n1. The minimum absolute atomic E-state index is 0.0329. The van der Waals surface area contributed by atoms with Crippen molar-refractivity contribution in [2.24, 2.45) is 7.05 Å². The number of hydrogen-bond donors (Lipinski definition) is 3.